The van der Waals surface area contributed by atoms with Crippen LogP contribution in [0.5, 0.6) is 0 Å². The van der Waals surface area contributed by atoms with E-state index in [4.69, 9.17) is 5.73 Å². The summed E-state index contributed by atoms with van der Waals surface area (Å²) in [4.78, 5) is 26.1. The van der Waals surface area contributed by atoms with Crippen molar-refractivity contribution in [3.05, 3.63) is 28.8 Å². The lowest BCUT2D eigenvalue weighted by atomic mass is 10.0. The van der Waals surface area contributed by atoms with Crippen LogP contribution in [0.4, 0.5) is 5.69 Å². The summed E-state index contributed by atoms with van der Waals surface area (Å²) >= 11 is 0. The number of rotatable bonds is 8. The molecule has 1 saturated heterocycles. The smallest absolute Gasteiger partial charge is 0.326 e. The fourth-order valence-electron chi connectivity index (χ4n) is 3.82. The number of nitrogens with two attached hydrogens (primary N) is 1. The number of carbonyl (C=O) groups excluding carboxylic acids is 1. The van der Waals surface area contributed by atoms with Crippen LogP contribution in [0.3, 0.4) is 0 Å². The molecule has 0 spiro atoms. The molecule has 1 amide bonds. The van der Waals surface area contributed by atoms with Crippen molar-refractivity contribution in [2.24, 2.45) is 5.73 Å². The van der Waals surface area contributed by atoms with Crippen LogP contribution in [0.15, 0.2) is 12.1 Å². The second kappa shape index (κ2) is 9.03. The van der Waals surface area contributed by atoms with Gasteiger partial charge in [0, 0.05) is 12.2 Å². The molecule has 144 valence electrons. The number of benzene rings is 1. The van der Waals surface area contributed by atoms with Crippen molar-refractivity contribution in [1.29, 1.82) is 0 Å². The number of hydrogen-bond donors (Lipinski definition) is 3. The third-order valence-electron chi connectivity index (χ3n) is 5.06. The van der Waals surface area contributed by atoms with Gasteiger partial charge in [-0.25, -0.2) is 4.79 Å². The van der Waals surface area contributed by atoms with Crippen LogP contribution in [-0.4, -0.2) is 47.1 Å². The third-order valence-corrected chi connectivity index (χ3v) is 5.06. The lowest BCUT2D eigenvalue weighted by Crippen LogP contribution is -2.48. The number of unbranched alkanes of at least 4 members (excludes halogenated alkanes) is 1. The highest BCUT2D eigenvalue weighted by molar-refractivity contribution is 5.89. The molecule has 1 aromatic carbocycles. The zero-order chi connectivity index (χ0) is 19.3. The molecule has 1 aliphatic rings. The Morgan fingerprint density at radius 1 is 1.27 bits per heavy atom. The zero-order valence-corrected chi connectivity index (χ0v) is 16.0. The first-order valence-electron chi connectivity index (χ1n) is 9.43. The molecule has 0 bridgehead atoms. The van der Waals surface area contributed by atoms with Gasteiger partial charge in [0.1, 0.15) is 12.1 Å². The first-order valence-corrected chi connectivity index (χ1v) is 9.43. The highest BCUT2D eigenvalue weighted by Gasteiger charge is 2.37. The molecule has 1 aromatic rings. The molecule has 0 aliphatic carbocycles. The number of hydrogen-bond acceptors (Lipinski definition) is 4. The van der Waals surface area contributed by atoms with Crippen molar-refractivity contribution in [2.45, 2.75) is 65.0 Å². The second-order valence-corrected chi connectivity index (χ2v) is 7.28. The van der Waals surface area contributed by atoms with Gasteiger partial charge in [-0.05, 0) is 70.5 Å². The molecule has 26 heavy (non-hydrogen) atoms. The van der Waals surface area contributed by atoms with Crippen LogP contribution in [0.25, 0.3) is 0 Å². The third kappa shape index (κ3) is 4.75. The van der Waals surface area contributed by atoms with E-state index in [1.807, 2.05) is 13.8 Å². The summed E-state index contributed by atoms with van der Waals surface area (Å²) in [6, 6.07) is 3.04. The summed E-state index contributed by atoms with van der Waals surface area (Å²) < 4.78 is 0. The molecular weight excluding hydrogens is 330 g/mol. The molecule has 1 fully saturated rings. The molecule has 2 rings (SSSR count). The normalized spacial score (nSPS) is 18.0. The molecule has 1 aliphatic heterocycles. The predicted octanol–water partition coefficient (Wildman–Crippen LogP) is 2.60. The quantitative estimate of drug-likeness (QED) is 0.619. The van der Waals surface area contributed by atoms with E-state index in [1.165, 1.54) is 10.5 Å². The number of aliphatic carboxylic acids is 1. The van der Waals surface area contributed by atoms with Gasteiger partial charge >= 0.3 is 5.97 Å². The van der Waals surface area contributed by atoms with Crippen LogP contribution >= 0.6 is 0 Å². The number of amides is 1. The maximum absolute atomic E-state index is 13.1. The van der Waals surface area contributed by atoms with Gasteiger partial charge in [0.2, 0.25) is 5.91 Å². The average Bonchev–Trinajstić information content (AvgIpc) is 3.05. The number of carboxylic acid groups (broad SMARTS) is 1. The van der Waals surface area contributed by atoms with E-state index in [-0.39, 0.29) is 5.91 Å². The van der Waals surface area contributed by atoms with Crippen molar-refractivity contribution in [2.75, 3.05) is 18.4 Å². The summed E-state index contributed by atoms with van der Waals surface area (Å²) in [5.41, 5.74) is 9.93. The van der Waals surface area contributed by atoms with Gasteiger partial charge in [-0.3, -0.25) is 4.79 Å². The van der Waals surface area contributed by atoms with Crippen LogP contribution in [0.2, 0.25) is 0 Å². The Morgan fingerprint density at radius 2 is 1.92 bits per heavy atom. The maximum atomic E-state index is 13.1. The first kappa shape index (κ1) is 20.2. The van der Waals surface area contributed by atoms with E-state index in [9.17, 15) is 14.7 Å². The van der Waals surface area contributed by atoms with Gasteiger partial charge < -0.3 is 21.1 Å². The number of nitrogens with zero attached hydrogens (tertiary/aromatic N) is 1. The van der Waals surface area contributed by atoms with E-state index >= 15 is 0 Å². The van der Waals surface area contributed by atoms with Gasteiger partial charge in [0.25, 0.3) is 0 Å². The van der Waals surface area contributed by atoms with Gasteiger partial charge in [-0.1, -0.05) is 17.7 Å². The number of carbonyl (C=O) groups is 2. The van der Waals surface area contributed by atoms with Crippen LogP contribution < -0.4 is 11.1 Å². The number of likely N-dealkylation sites (tertiary alicyclic amines) is 1. The molecule has 0 saturated carbocycles. The minimum absolute atomic E-state index is 0.119. The Morgan fingerprint density at radius 3 is 2.50 bits per heavy atom. The lowest BCUT2D eigenvalue weighted by Gasteiger charge is -2.29. The topological polar surface area (TPSA) is 95.7 Å². The second-order valence-electron chi connectivity index (χ2n) is 7.28. The first-order chi connectivity index (χ1) is 12.3. The minimum atomic E-state index is -0.917. The molecule has 4 N–H and O–H groups in total. The summed E-state index contributed by atoms with van der Waals surface area (Å²) in [6.07, 6.45) is 3.58. The van der Waals surface area contributed by atoms with E-state index < -0.39 is 18.1 Å². The Kier molecular flexibility index (Phi) is 7.03. The van der Waals surface area contributed by atoms with Gasteiger partial charge in [-0.2, -0.15) is 0 Å². The van der Waals surface area contributed by atoms with E-state index in [1.54, 1.807) is 0 Å². The van der Waals surface area contributed by atoms with E-state index in [0.29, 0.717) is 25.9 Å². The number of aryl methyl sites for hydroxylation is 3. The predicted molar refractivity (Wildman–Crippen MR) is 103 cm³/mol. The van der Waals surface area contributed by atoms with Crippen molar-refractivity contribution in [3.8, 4) is 0 Å². The summed E-state index contributed by atoms with van der Waals surface area (Å²) in [7, 11) is 0. The van der Waals surface area contributed by atoms with Gasteiger partial charge in [0.05, 0.1) is 0 Å². The molecule has 0 radical (unpaired) electrons. The molecule has 6 heteroatoms. The van der Waals surface area contributed by atoms with Crippen molar-refractivity contribution in [1.82, 2.24) is 4.90 Å². The van der Waals surface area contributed by atoms with Crippen molar-refractivity contribution in [3.63, 3.8) is 0 Å². The highest BCUT2D eigenvalue weighted by Crippen LogP contribution is 2.26. The number of anilines is 1. The fraction of sp³-hybridized carbons (Fsp3) is 0.600. The molecule has 6 nitrogen and oxygen atoms in total. The Labute approximate surface area is 155 Å². The van der Waals surface area contributed by atoms with Gasteiger partial charge in [0.15, 0.2) is 0 Å². The largest absolute Gasteiger partial charge is 0.480 e. The van der Waals surface area contributed by atoms with E-state index in [0.717, 1.165) is 36.1 Å². The van der Waals surface area contributed by atoms with Crippen LogP contribution in [-0.2, 0) is 9.59 Å². The molecular formula is C20H31N3O3. The van der Waals surface area contributed by atoms with Crippen molar-refractivity contribution < 1.29 is 14.7 Å². The molecule has 0 aromatic heterocycles. The van der Waals surface area contributed by atoms with Crippen LogP contribution in [0, 0.1) is 20.8 Å². The van der Waals surface area contributed by atoms with E-state index in [2.05, 4.69) is 24.4 Å². The van der Waals surface area contributed by atoms with Gasteiger partial charge in [-0.15, -0.1) is 0 Å². The number of carboxylic acids is 1. The molecule has 0 unspecified atom stereocenters. The SMILES string of the molecule is Cc1cc(C)c(N[C@@H](CCCCN)C(=O)N2CCC[C@H]2C(=O)O)c(C)c1. The Bertz CT molecular complexity index is 637. The summed E-state index contributed by atoms with van der Waals surface area (Å²) in [5, 5.41) is 12.8. The highest BCUT2D eigenvalue weighted by atomic mass is 16.4. The monoisotopic (exact) mass is 361 g/mol. The molecule has 1 heterocycles. The summed E-state index contributed by atoms with van der Waals surface area (Å²) in [6.45, 7) is 7.20. The lowest BCUT2D eigenvalue weighted by molar-refractivity contribution is -0.148. The van der Waals surface area contributed by atoms with Crippen molar-refractivity contribution >= 4 is 17.6 Å². The minimum Gasteiger partial charge on any atom is -0.480 e. The Hall–Kier alpha value is -2.08. The Balaban J connectivity index is 2.23. The average molecular weight is 361 g/mol. The summed E-state index contributed by atoms with van der Waals surface area (Å²) in [5.74, 6) is -1.04. The molecule has 2 atom stereocenters. The standard InChI is InChI=1S/C20H31N3O3/c1-13-11-14(2)18(15(3)12-13)22-16(7-4-5-9-21)19(24)23-10-6-8-17(23)20(25)26/h11-12,16-17,22H,4-10,21H2,1-3H3,(H,25,26)/t16-,17-/m0/s1. The number of nitrogens with one attached hydrogen (secondary N) is 1. The maximum Gasteiger partial charge on any atom is 0.326 e. The fourth-order valence-corrected chi connectivity index (χ4v) is 3.82. The zero-order valence-electron chi connectivity index (χ0n) is 16.0. The van der Waals surface area contributed by atoms with Crippen LogP contribution in [0.1, 0.15) is 48.8 Å².